The Morgan fingerprint density at radius 2 is 1.66 bits per heavy atom. The molecule has 0 saturated heterocycles. The Hall–Kier alpha value is -4.13. The third-order valence-electron chi connectivity index (χ3n) is 6.34. The largest absolute Gasteiger partial charge is 0.490 e. The summed E-state index contributed by atoms with van der Waals surface area (Å²) < 4.78 is 37.2. The molecule has 0 atom stereocenters. The number of alkyl halides is 3. The van der Waals surface area contributed by atoms with Gasteiger partial charge in [-0.25, -0.2) is 4.79 Å². The fourth-order valence-electron chi connectivity index (χ4n) is 4.01. The summed E-state index contributed by atoms with van der Waals surface area (Å²) in [6.45, 7) is 1.79. The van der Waals surface area contributed by atoms with E-state index >= 15 is 0 Å². The lowest BCUT2D eigenvalue weighted by Gasteiger charge is -2.24. The first-order valence-electron chi connectivity index (χ1n) is 13.2. The predicted octanol–water partition coefficient (Wildman–Crippen LogP) is 3.70. The molecule has 1 saturated carbocycles. The van der Waals surface area contributed by atoms with Gasteiger partial charge in [-0.05, 0) is 68.1 Å². The molecule has 0 bridgehead atoms. The maximum Gasteiger partial charge on any atom is 0.490 e. The van der Waals surface area contributed by atoms with Crippen molar-refractivity contribution in [2.45, 2.75) is 57.3 Å². The number of carboxylic acid groups (broad SMARTS) is 1. The first-order chi connectivity index (χ1) is 19.5. The zero-order valence-electron chi connectivity index (χ0n) is 22.3. The van der Waals surface area contributed by atoms with Crippen molar-refractivity contribution in [1.29, 1.82) is 0 Å². The quantitative estimate of drug-likeness (QED) is 0.297. The summed E-state index contributed by atoms with van der Waals surface area (Å²) in [5.41, 5.74) is 8.19. The van der Waals surface area contributed by atoms with Crippen molar-refractivity contribution in [3.05, 3.63) is 59.2 Å². The standard InChI is InChI=1S/C26H32N4O4.C2HF3O2/c27-13-3-1-2-4-14-28-25(32)19-7-5-18(6-8-19)16-30(21-10-11-21)26(33)20-9-12-22-23(15-20)34-17-24(31)29-22;3-2(4,5)1(6)7/h5-9,12,15,21H,1-4,10-11,13-14,16-17,27H2,(H,28,32)(H,29,31);(H,6,7). The van der Waals surface area contributed by atoms with E-state index < -0.39 is 12.1 Å². The highest BCUT2D eigenvalue weighted by Gasteiger charge is 2.38. The molecule has 0 aromatic heterocycles. The molecule has 5 N–H and O–H groups in total. The number of benzene rings is 2. The molecular weight excluding hydrogens is 545 g/mol. The van der Waals surface area contributed by atoms with Crippen molar-refractivity contribution < 1.29 is 42.2 Å². The molecule has 0 spiro atoms. The lowest BCUT2D eigenvalue weighted by Crippen LogP contribution is -2.33. The minimum absolute atomic E-state index is 0.0504. The van der Waals surface area contributed by atoms with Gasteiger partial charge >= 0.3 is 12.1 Å². The number of fused-ring (bicyclic) bond motifs is 1. The molecule has 222 valence electrons. The van der Waals surface area contributed by atoms with E-state index in [1.165, 1.54) is 0 Å². The van der Waals surface area contributed by atoms with E-state index in [9.17, 15) is 27.6 Å². The Morgan fingerprint density at radius 1 is 1.02 bits per heavy atom. The van der Waals surface area contributed by atoms with Crippen molar-refractivity contribution in [1.82, 2.24) is 10.2 Å². The topological polar surface area (TPSA) is 151 Å². The van der Waals surface area contributed by atoms with Crippen LogP contribution in [-0.2, 0) is 16.1 Å². The van der Waals surface area contributed by atoms with E-state index in [0.717, 1.165) is 44.1 Å². The van der Waals surface area contributed by atoms with Gasteiger partial charge in [-0.2, -0.15) is 13.2 Å². The van der Waals surface area contributed by atoms with Crippen molar-refractivity contribution >= 4 is 29.4 Å². The Labute approximate surface area is 235 Å². The molecule has 0 radical (unpaired) electrons. The fourth-order valence-corrected chi connectivity index (χ4v) is 4.01. The van der Waals surface area contributed by atoms with Gasteiger partial charge < -0.3 is 31.1 Å². The van der Waals surface area contributed by atoms with E-state index in [4.69, 9.17) is 20.4 Å². The maximum absolute atomic E-state index is 13.3. The summed E-state index contributed by atoms with van der Waals surface area (Å²) in [5, 5.41) is 12.8. The minimum atomic E-state index is -5.08. The van der Waals surface area contributed by atoms with Gasteiger partial charge in [0.25, 0.3) is 17.7 Å². The summed E-state index contributed by atoms with van der Waals surface area (Å²) in [5.74, 6) is -2.60. The van der Waals surface area contributed by atoms with Crippen LogP contribution >= 0.6 is 0 Å². The fraction of sp³-hybridized carbons (Fsp3) is 0.429. The van der Waals surface area contributed by atoms with Gasteiger partial charge in [0.15, 0.2) is 6.61 Å². The monoisotopic (exact) mass is 578 g/mol. The zero-order chi connectivity index (χ0) is 30.0. The van der Waals surface area contributed by atoms with Gasteiger partial charge in [-0.15, -0.1) is 0 Å². The molecule has 1 fully saturated rings. The van der Waals surface area contributed by atoms with Crippen LogP contribution in [0, 0.1) is 0 Å². The minimum Gasteiger partial charge on any atom is -0.482 e. The number of hydrogen-bond acceptors (Lipinski definition) is 6. The molecule has 10 nitrogen and oxygen atoms in total. The molecule has 1 aliphatic heterocycles. The molecule has 2 aliphatic rings. The number of carbonyl (C=O) groups excluding carboxylic acids is 3. The van der Waals surface area contributed by atoms with E-state index in [1.807, 2.05) is 29.2 Å². The smallest absolute Gasteiger partial charge is 0.482 e. The van der Waals surface area contributed by atoms with E-state index in [2.05, 4.69) is 10.6 Å². The Balaban J connectivity index is 0.000000587. The number of carbonyl (C=O) groups is 4. The van der Waals surface area contributed by atoms with Crippen LogP contribution in [0.4, 0.5) is 18.9 Å². The first-order valence-corrected chi connectivity index (χ1v) is 13.2. The predicted molar refractivity (Wildman–Crippen MR) is 143 cm³/mol. The molecule has 4 rings (SSSR count). The average molecular weight is 579 g/mol. The van der Waals surface area contributed by atoms with E-state index in [-0.39, 0.29) is 30.4 Å². The number of amides is 3. The highest BCUT2D eigenvalue weighted by Crippen LogP contribution is 2.33. The summed E-state index contributed by atoms with van der Waals surface area (Å²) in [6.07, 6.45) is 0.999. The van der Waals surface area contributed by atoms with Gasteiger partial charge in [0.2, 0.25) is 0 Å². The highest BCUT2D eigenvalue weighted by atomic mass is 19.4. The van der Waals surface area contributed by atoms with Crippen LogP contribution in [-0.4, -0.2) is 65.6 Å². The molecule has 1 heterocycles. The van der Waals surface area contributed by atoms with E-state index in [0.29, 0.717) is 42.2 Å². The van der Waals surface area contributed by atoms with Crippen LogP contribution in [0.15, 0.2) is 42.5 Å². The van der Waals surface area contributed by atoms with Gasteiger partial charge in [0.05, 0.1) is 5.69 Å². The van der Waals surface area contributed by atoms with Crippen LogP contribution in [0.5, 0.6) is 5.75 Å². The average Bonchev–Trinajstić information content (AvgIpc) is 3.78. The van der Waals surface area contributed by atoms with Gasteiger partial charge in [0.1, 0.15) is 5.75 Å². The lowest BCUT2D eigenvalue weighted by molar-refractivity contribution is -0.192. The molecule has 13 heteroatoms. The third-order valence-corrected chi connectivity index (χ3v) is 6.34. The van der Waals surface area contributed by atoms with Crippen molar-refractivity contribution in [2.24, 2.45) is 5.73 Å². The number of unbranched alkanes of at least 4 members (excludes halogenated alkanes) is 3. The van der Waals surface area contributed by atoms with Crippen LogP contribution in [0.2, 0.25) is 0 Å². The second-order valence-electron chi connectivity index (χ2n) is 9.67. The molecule has 2 aromatic carbocycles. The number of carboxylic acids is 1. The number of anilines is 1. The number of halogens is 3. The molecule has 0 unspecified atom stereocenters. The van der Waals surface area contributed by atoms with Crippen LogP contribution in [0.25, 0.3) is 0 Å². The summed E-state index contributed by atoms with van der Waals surface area (Å²) in [4.78, 5) is 47.9. The normalized spacial score (nSPS) is 14.0. The second kappa shape index (κ2) is 14.5. The van der Waals surface area contributed by atoms with Gasteiger partial charge in [-0.3, -0.25) is 14.4 Å². The number of nitrogens with zero attached hydrogens (tertiary/aromatic N) is 1. The molecule has 1 aliphatic carbocycles. The highest BCUT2D eigenvalue weighted by molar-refractivity contribution is 5.99. The summed E-state index contributed by atoms with van der Waals surface area (Å²) >= 11 is 0. The number of hydrogen-bond donors (Lipinski definition) is 4. The van der Waals surface area contributed by atoms with Crippen molar-refractivity contribution in [3.8, 4) is 5.75 Å². The first kappa shape index (κ1) is 31.4. The Bertz CT molecular complexity index is 1230. The van der Waals surface area contributed by atoms with Crippen molar-refractivity contribution in [3.63, 3.8) is 0 Å². The van der Waals surface area contributed by atoms with Crippen molar-refractivity contribution in [2.75, 3.05) is 25.0 Å². The molecular formula is C28H33F3N4O6. The number of nitrogens with one attached hydrogen (secondary N) is 2. The van der Waals surface area contributed by atoms with Gasteiger partial charge in [0, 0.05) is 30.3 Å². The van der Waals surface area contributed by atoms with Crippen LogP contribution in [0.1, 0.15) is 64.8 Å². The number of ether oxygens (including phenoxy) is 1. The number of nitrogens with two attached hydrogens (primary N) is 1. The molecule has 41 heavy (non-hydrogen) atoms. The van der Waals surface area contributed by atoms with Crippen LogP contribution in [0.3, 0.4) is 0 Å². The molecule has 2 aromatic rings. The maximum atomic E-state index is 13.3. The third kappa shape index (κ3) is 9.78. The summed E-state index contributed by atoms with van der Waals surface area (Å²) in [6, 6.07) is 12.8. The Morgan fingerprint density at radius 3 is 2.27 bits per heavy atom. The SMILES string of the molecule is NCCCCCCNC(=O)c1ccc(CN(C(=O)c2ccc3c(c2)OCC(=O)N3)C2CC2)cc1.O=C(O)C(F)(F)F. The number of aliphatic carboxylic acids is 1. The van der Waals surface area contributed by atoms with Gasteiger partial charge in [-0.1, -0.05) is 25.0 Å². The lowest BCUT2D eigenvalue weighted by atomic mass is 10.1. The Kier molecular flexibility index (Phi) is 11.1. The molecule has 3 amide bonds. The van der Waals surface area contributed by atoms with Crippen LogP contribution < -0.4 is 21.1 Å². The van der Waals surface area contributed by atoms with E-state index in [1.54, 1.807) is 18.2 Å². The summed E-state index contributed by atoms with van der Waals surface area (Å²) in [7, 11) is 0. The second-order valence-corrected chi connectivity index (χ2v) is 9.67. The number of rotatable bonds is 11. The zero-order valence-corrected chi connectivity index (χ0v) is 22.3.